The van der Waals surface area contributed by atoms with Crippen LogP contribution in [0.4, 0.5) is 0 Å². The molecule has 9 nitrogen and oxygen atoms in total. The predicted octanol–water partition coefficient (Wildman–Crippen LogP) is 4.85. The number of ether oxygens (including phenoxy) is 3. The number of aliphatic carboxylic acids is 1. The van der Waals surface area contributed by atoms with Crippen molar-refractivity contribution in [1.82, 2.24) is 9.99 Å². The zero-order valence-corrected chi connectivity index (χ0v) is 20.9. The second-order valence-electron chi connectivity index (χ2n) is 8.25. The number of carbonyl (C=O) groups excluding carboxylic acids is 1. The monoisotopic (exact) mass is 511 g/mol. The maximum Gasteiger partial charge on any atom is 0.303 e. The second kappa shape index (κ2) is 10.8. The minimum absolute atomic E-state index is 0.0396. The molecule has 1 aromatic heterocycles. The number of aromatic nitrogens is 1. The van der Waals surface area contributed by atoms with E-state index in [9.17, 15) is 9.59 Å². The van der Waals surface area contributed by atoms with Crippen LogP contribution in [0.5, 0.6) is 17.2 Å². The number of fused-ring (bicyclic) bond motifs is 1. The molecular weight excluding hydrogens is 486 g/mol. The number of carboxylic acids is 1. The third-order valence-corrected chi connectivity index (χ3v) is 6.33. The number of nitrogens with zero attached hydrogens (tertiary/aromatic N) is 3. The first-order valence-corrected chi connectivity index (χ1v) is 11.7. The van der Waals surface area contributed by atoms with Crippen LogP contribution < -0.4 is 14.2 Å². The van der Waals surface area contributed by atoms with Gasteiger partial charge in [0.1, 0.15) is 10.9 Å². The summed E-state index contributed by atoms with van der Waals surface area (Å²) in [7, 11) is 4.69. The first-order chi connectivity index (χ1) is 17.3. The average molecular weight is 512 g/mol. The van der Waals surface area contributed by atoms with Gasteiger partial charge in [0.25, 0.3) is 0 Å². The lowest BCUT2D eigenvalue weighted by molar-refractivity contribution is -0.137. The van der Waals surface area contributed by atoms with E-state index in [0.717, 1.165) is 10.9 Å². The van der Waals surface area contributed by atoms with E-state index in [4.69, 9.17) is 30.9 Å². The van der Waals surface area contributed by atoms with Crippen molar-refractivity contribution in [2.24, 2.45) is 5.10 Å². The van der Waals surface area contributed by atoms with Gasteiger partial charge in [-0.05, 0) is 48.9 Å². The minimum Gasteiger partial charge on any atom is -0.497 e. The van der Waals surface area contributed by atoms with Gasteiger partial charge in [0, 0.05) is 35.8 Å². The maximum atomic E-state index is 13.2. The second-order valence-corrected chi connectivity index (χ2v) is 8.61. The van der Waals surface area contributed by atoms with E-state index in [2.05, 4.69) is 10.1 Å². The standard InChI is InChI=1S/C26H26ClN3O6/c1-34-17-8-9-19-16(11-17)12-18(26(27)28-19)21-14-20(15-7-10-22(35-2)23(13-15)36-3)29-30(21)24(31)5-4-6-25(32)33/h7-13,21H,4-6,14H2,1-3H3,(H,32,33). The molecule has 1 unspecified atom stereocenters. The molecule has 188 valence electrons. The Kier molecular flexibility index (Phi) is 7.59. The lowest BCUT2D eigenvalue weighted by Crippen LogP contribution is -2.27. The Morgan fingerprint density at radius 1 is 1.03 bits per heavy atom. The minimum atomic E-state index is -0.953. The molecule has 1 aliphatic heterocycles. The SMILES string of the molecule is COc1ccc2nc(Cl)c(C3CC(c4ccc(OC)c(OC)c4)=NN3C(=O)CCCC(=O)O)cc2c1. The first kappa shape index (κ1) is 25.2. The van der Waals surface area contributed by atoms with Crippen molar-refractivity contribution in [3.05, 3.63) is 58.7 Å². The number of benzene rings is 2. The highest BCUT2D eigenvalue weighted by Gasteiger charge is 2.35. The molecule has 36 heavy (non-hydrogen) atoms. The topological polar surface area (TPSA) is 111 Å². The van der Waals surface area contributed by atoms with Crippen molar-refractivity contribution in [1.29, 1.82) is 0 Å². The van der Waals surface area contributed by atoms with Gasteiger partial charge in [-0.2, -0.15) is 5.10 Å². The summed E-state index contributed by atoms with van der Waals surface area (Å²) < 4.78 is 16.1. The predicted molar refractivity (Wildman–Crippen MR) is 135 cm³/mol. The van der Waals surface area contributed by atoms with E-state index in [1.165, 1.54) is 5.01 Å². The average Bonchev–Trinajstić information content (AvgIpc) is 3.32. The number of carboxylic acid groups (broad SMARTS) is 1. The Bertz CT molecular complexity index is 1340. The number of hydrogen-bond donors (Lipinski definition) is 1. The Morgan fingerprint density at radius 2 is 1.81 bits per heavy atom. The highest BCUT2D eigenvalue weighted by molar-refractivity contribution is 6.30. The maximum absolute atomic E-state index is 13.2. The molecule has 1 N–H and O–H groups in total. The first-order valence-electron chi connectivity index (χ1n) is 11.3. The molecule has 0 bridgehead atoms. The summed E-state index contributed by atoms with van der Waals surface area (Å²) >= 11 is 6.61. The largest absolute Gasteiger partial charge is 0.497 e. The Labute approximate surface area is 213 Å². The van der Waals surface area contributed by atoms with Crippen molar-refractivity contribution >= 4 is 40.1 Å². The summed E-state index contributed by atoms with van der Waals surface area (Å²) in [6.45, 7) is 0. The summed E-state index contributed by atoms with van der Waals surface area (Å²) in [5.74, 6) is 0.545. The number of hydrogen-bond acceptors (Lipinski definition) is 7. The van der Waals surface area contributed by atoms with Crippen LogP contribution in [0.3, 0.4) is 0 Å². The molecule has 1 aliphatic rings. The molecule has 1 atom stereocenters. The quantitative estimate of drug-likeness (QED) is 0.409. The van der Waals surface area contributed by atoms with Crippen molar-refractivity contribution in [2.45, 2.75) is 31.7 Å². The van der Waals surface area contributed by atoms with Crippen LogP contribution in [0.15, 0.2) is 47.6 Å². The van der Waals surface area contributed by atoms with Crippen molar-refractivity contribution in [3.63, 3.8) is 0 Å². The molecule has 4 rings (SSSR count). The fourth-order valence-electron chi connectivity index (χ4n) is 4.19. The molecule has 0 fully saturated rings. The van der Waals surface area contributed by atoms with E-state index in [1.54, 1.807) is 39.5 Å². The van der Waals surface area contributed by atoms with Gasteiger partial charge in [-0.25, -0.2) is 9.99 Å². The summed E-state index contributed by atoms with van der Waals surface area (Å²) in [4.78, 5) is 28.7. The molecule has 2 heterocycles. The fourth-order valence-corrected chi connectivity index (χ4v) is 4.46. The van der Waals surface area contributed by atoms with Crippen LogP contribution in [0.25, 0.3) is 10.9 Å². The van der Waals surface area contributed by atoms with Crippen molar-refractivity contribution in [2.75, 3.05) is 21.3 Å². The van der Waals surface area contributed by atoms with Crippen molar-refractivity contribution in [3.8, 4) is 17.2 Å². The third-order valence-electron chi connectivity index (χ3n) is 6.03. The molecule has 10 heteroatoms. The molecule has 0 radical (unpaired) electrons. The lowest BCUT2D eigenvalue weighted by atomic mass is 9.98. The van der Waals surface area contributed by atoms with Crippen LogP contribution in [0, 0.1) is 0 Å². The van der Waals surface area contributed by atoms with Gasteiger partial charge >= 0.3 is 5.97 Å². The van der Waals surface area contributed by atoms with Gasteiger partial charge in [0.05, 0.1) is 38.6 Å². The Morgan fingerprint density at radius 3 is 2.50 bits per heavy atom. The molecule has 0 aliphatic carbocycles. The van der Waals surface area contributed by atoms with Crippen LogP contribution in [0.1, 0.15) is 42.9 Å². The zero-order valence-electron chi connectivity index (χ0n) is 20.2. The molecule has 2 aromatic carbocycles. The van der Waals surface area contributed by atoms with E-state index in [1.807, 2.05) is 24.3 Å². The van der Waals surface area contributed by atoms with E-state index in [0.29, 0.717) is 40.5 Å². The van der Waals surface area contributed by atoms with Crippen LogP contribution >= 0.6 is 11.6 Å². The number of methoxy groups -OCH3 is 3. The van der Waals surface area contributed by atoms with E-state index >= 15 is 0 Å². The number of amides is 1. The summed E-state index contributed by atoms with van der Waals surface area (Å²) in [6.07, 6.45) is 0.531. The van der Waals surface area contributed by atoms with Crippen molar-refractivity contribution < 1.29 is 28.9 Å². The fraction of sp³-hybridized carbons (Fsp3) is 0.308. The highest BCUT2D eigenvalue weighted by atomic mass is 35.5. The molecular formula is C26H26ClN3O6. The van der Waals surface area contributed by atoms with Gasteiger partial charge in [-0.15, -0.1) is 0 Å². The Hall–Kier alpha value is -3.85. The number of rotatable bonds is 9. The molecule has 0 saturated heterocycles. The van der Waals surface area contributed by atoms with Gasteiger partial charge < -0.3 is 19.3 Å². The Balaban J connectivity index is 1.73. The summed E-state index contributed by atoms with van der Waals surface area (Å²) in [5.41, 5.74) is 2.77. The highest BCUT2D eigenvalue weighted by Crippen LogP contribution is 2.39. The lowest BCUT2D eigenvalue weighted by Gasteiger charge is -2.23. The number of carbonyl (C=O) groups is 2. The van der Waals surface area contributed by atoms with E-state index in [-0.39, 0.29) is 30.3 Å². The number of hydrazone groups is 1. The summed E-state index contributed by atoms with van der Waals surface area (Å²) in [5, 5.41) is 16.1. The molecule has 0 spiro atoms. The van der Waals surface area contributed by atoms with Gasteiger partial charge in [0.15, 0.2) is 11.5 Å². The van der Waals surface area contributed by atoms with Gasteiger partial charge in [-0.1, -0.05) is 11.6 Å². The molecule has 0 saturated carbocycles. The zero-order chi connectivity index (χ0) is 25.8. The van der Waals surface area contributed by atoms with E-state index < -0.39 is 12.0 Å². The number of pyridine rings is 1. The van der Waals surface area contributed by atoms with Gasteiger partial charge in [-0.3, -0.25) is 9.59 Å². The smallest absolute Gasteiger partial charge is 0.303 e. The third kappa shape index (κ3) is 5.21. The van der Waals surface area contributed by atoms with Crippen LogP contribution in [-0.2, 0) is 9.59 Å². The normalized spacial score (nSPS) is 15.1. The molecule has 1 amide bonds. The summed E-state index contributed by atoms with van der Waals surface area (Å²) in [6, 6.07) is 12.3. The number of halogens is 1. The molecule has 3 aromatic rings. The van der Waals surface area contributed by atoms with Crippen LogP contribution in [-0.4, -0.2) is 54.0 Å². The van der Waals surface area contributed by atoms with Crippen LogP contribution in [0.2, 0.25) is 5.15 Å². The van der Waals surface area contributed by atoms with Gasteiger partial charge in [0.2, 0.25) is 5.91 Å².